The Bertz CT molecular complexity index is 342. The highest BCUT2D eigenvalue weighted by Gasteiger charge is 2.23. The Labute approximate surface area is 106 Å². The first-order valence-electron chi connectivity index (χ1n) is 5.91. The minimum Gasteiger partial charge on any atom is -0.480 e. The number of amides is 2. The van der Waals surface area contributed by atoms with Gasteiger partial charge in [-0.25, -0.2) is 4.79 Å². The van der Waals surface area contributed by atoms with Crippen LogP contribution in [0.1, 0.15) is 25.7 Å². The Hall–Kier alpha value is -1.74. The first kappa shape index (κ1) is 14.3. The third-order valence-corrected chi connectivity index (χ3v) is 2.92. The quantitative estimate of drug-likeness (QED) is 0.617. The van der Waals surface area contributed by atoms with Crippen molar-refractivity contribution in [2.45, 2.75) is 37.8 Å². The fourth-order valence-corrected chi connectivity index (χ4v) is 1.96. The maximum atomic E-state index is 11.8. The van der Waals surface area contributed by atoms with E-state index >= 15 is 0 Å². The van der Waals surface area contributed by atoms with Crippen molar-refractivity contribution in [2.24, 2.45) is 0 Å². The van der Waals surface area contributed by atoms with E-state index in [1.165, 1.54) is 0 Å². The van der Waals surface area contributed by atoms with Crippen LogP contribution in [0.5, 0.6) is 0 Å². The molecule has 0 aromatic carbocycles. The minimum absolute atomic E-state index is 0.0185. The lowest BCUT2D eigenvalue weighted by atomic mass is 9.93. The van der Waals surface area contributed by atoms with Crippen molar-refractivity contribution in [3.63, 3.8) is 0 Å². The molecule has 18 heavy (non-hydrogen) atoms. The molecule has 2 amide bonds. The Kier molecular flexibility index (Phi) is 5.46. The van der Waals surface area contributed by atoms with Crippen molar-refractivity contribution in [2.75, 3.05) is 13.1 Å². The molecule has 0 atom stereocenters. The van der Waals surface area contributed by atoms with E-state index < -0.39 is 18.5 Å². The van der Waals surface area contributed by atoms with E-state index in [1.54, 1.807) is 0 Å². The van der Waals surface area contributed by atoms with Gasteiger partial charge in [-0.3, -0.25) is 4.79 Å². The molecule has 3 N–H and O–H groups in total. The van der Waals surface area contributed by atoms with Gasteiger partial charge in [0, 0.05) is 6.04 Å². The summed E-state index contributed by atoms with van der Waals surface area (Å²) in [7, 11) is 0. The van der Waals surface area contributed by atoms with Gasteiger partial charge in [0.15, 0.2) is 0 Å². The zero-order chi connectivity index (χ0) is 13.5. The van der Waals surface area contributed by atoms with Crippen LogP contribution in [0.25, 0.3) is 0 Å². The van der Waals surface area contributed by atoms with E-state index in [9.17, 15) is 14.7 Å². The zero-order valence-electron chi connectivity index (χ0n) is 10.1. The average Bonchev–Trinajstić information content (AvgIpc) is 2.31. The maximum absolute atomic E-state index is 11.8. The summed E-state index contributed by atoms with van der Waals surface area (Å²) in [5, 5.41) is 20.8. The molecular weight excluding hydrogens is 236 g/mol. The van der Waals surface area contributed by atoms with Gasteiger partial charge in [0.25, 0.3) is 0 Å². The van der Waals surface area contributed by atoms with Crippen molar-refractivity contribution in [3.05, 3.63) is 0 Å². The van der Waals surface area contributed by atoms with Crippen LogP contribution in [0, 0.1) is 12.3 Å². The number of aliphatic carboxylic acids is 1. The predicted octanol–water partition coefficient (Wildman–Crippen LogP) is 0.0193. The minimum atomic E-state index is -1.10. The summed E-state index contributed by atoms with van der Waals surface area (Å²) in [5.41, 5.74) is 0. The molecule has 0 unspecified atom stereocenters. The van der Waals surface area contributed by atoms with Gasteiger partial charge in [0.05, 0.1) is 12.6 Å². The molecular formula is C12H18N2O4. The number of carbonyl (C=O) groups is 2. The van der Waals surface area contributed by atoms with Gasteiger partial charge in [0.2, 0.25) is 0 Å². The number of carboxylic acids is 1. The number of hydrogen-bond donors (Lipinski definition) is 3. The van der Waals surface area contributed by atoms with Crippen molar-refractivity contribution < 1.29 is 19.8 Å². The van der Waals surface area contributed by atoms with Crippen LogP contribution >= 0.6 is 0 Å². The molecule has 6 nitrogen and oxygen atoms in total. The van der Waals surface area contributed by atoms with Crippen LogP contribution in [0.4, 0.5) is 4.79 Å². The fraction of sp³-hybridized carbons (Fsp3) is 0.667. The lowest BCUT2D eigenvalue weighted by Gasteiger charge is -2.28. The Balaban J connectivity index is 2.46. The second-order valence-corrected chi connectivity index (χ2v) is 4.41. The molecule has 1 aliphatic carbocycles. The molecule has 0 aromatic heterocycles. The first-order valence-corrected chi connectivity index (χ1v) is 5.91. The molecule has 0 spiro atoms. The standard InChI is InChI=1S/C12H18N2O4/c1-2-7-14(8-11(16)17)12(18)13-9-3-5-10(15)6-4-9/h1,9-10,15H,3-8H2,(H,13,18)(H,16,17). The summed E-state index contributed by atoms with van der Waals surface area (Å²) in [5.74, 6) is 1.16. The summed E-state index contributed by atoms with van der Waals surface area (Å²) >= 11 is 0. The third kappa shape index (κ3) is 4.63. The number of aliphatic hydroxyl groups excluding tert-OH is 1. The van der Waals surface area contributed by atoms with Crippen LogP contribution in [0.3, 0.4) is 0 Å². The number of aliphatic hydroxyl groups is 1. The van der Waals surface area contributed by atoms with Crippen molar-refractivity contribution in [1.29, 1.82) is 0 Å². The lowest BCUT2D eigenvalue weighted by Crippen LogP contribution is -2.48. The second-order valence-electron chi connectivity index (χ2n) is 4.41. The molecule has 0 saturated heterocycles. The molecule has 1 rings (SSSR count). The van der Waals surface area contributed by atoms with Crippen molar-refractivity contribution in [1.82, 2.24) is 10.2 Å². The summed E-state index contributed by atoms with van der Waals surface area (Å²) in [6.07, 6.45) is 7.50. The topological polar surface area (TPSA) is 89.9 Å². The first-order chi connectivity index (χ1) is 8.52. The van der Waals surface area contributed by atoms with E-state index in [4.69, 9.17) is 11.5 Å². The number of terminal acetylenes is 1. The Morgan fingerprint density at radius 2 is 1.94 bits per heavy atom. The number of carbonyl (C=O) groups excluding carboxylic acids is 1. The summed E-state index contributed by atoms with van der Waals surface area (Å²) in [4.78, 5) is 23.5. The van der Waals surface area contributed by atoms with E-state index in [1.807, 2.05) is 0 Å². The third-order valence-electron chi connectivity index (χ3n) is 2.92. The van der Waals surface area contributed by atoms with Crippen LogP contribution in [-0.2, 0) is 4.79 Å². The van der Waals surface area contributed by atoms with Crippen molar-refractivity contribution in [3.8, 4) is 12.3 Å². The molecule has 0 radical (unpaired) electrons. The molecule has 1 aliphatic rings. The van der Waals surface area contributed by atoms with Crippen LogP contribution < -0.4 is 5.32 Å². The predicted molar refractivity (Wildman–Crippen MR) is 64.8 cm³/mol. The van der Waals surface area contributed by atoms with Gasteiger partial charge >= 0.3 is 12.0 Å². The van der Waals surface area contributed by atoms with E-state index in [0.29, 0.717) is 25.7 Å². The average molecular weight is 254 g/mol. The van der Waals surface area contributed by atoms with Gasteiger partial charge in [-0.2, -0.15) is 0 Å². The van der Waals surface area contributed by atoms with Crippen molar-refractivity contribution >= 4 is 12.0 Å². The normalized spacial score (nSPS) is 22.9. The van der Waals surface area contributed by atoms with Gasteiger partial charge < -0.3 is 20.4 Å². The largest absolute Gasteiger partial charge is 0.480 e. The zero-order valence-corrected chi connectivity index (χ0v) is 10.1. The number of urea groups is 1. The molecule has 0 heterocycles. The second kappa shape index (κ2) is 6.87. The monoisotopic (exact) mass is 254 g/mol. The van der Waals surface area contributed by atoms with Crippen LogP contribution in [0.2, 0.25) is 0 Å². The molecule has 1 saturated carbocycles. The Morgan fingerprint density at radius 3 is 2.44 bits per heavy atom. The van der Waals surface area contributed by atoms with E-state index in [-0.39, 0.29) is 18.7 Å². The number of nitrogens with one attached hydrogen (secondary N) is 1. The van der Waals surface area contributed by atoms with Gasteiger partial charge in [0.1, 0.15) is 6.54 Å². The number of nitrogens with zero attached hydrogens (tertiary/aromatic N) is 1. The smallest absolute Gasteiger partial charge is 0.323 e. The number of carboxylic acid groups (broad SMARTS) is 1. The highest BCUT2D eigenvalue weighted by molar-refractivity contribution is 5.80. The van der Waals surface area contributed by atoms with E-state index in [0.717, 1.165) is 4.90 Å². The molecule has 1 fully saturated rings. The molecule has 0 aromatic rings. The van der Waals surface area contributed by atoms with Crippen LogP contribution in [0.15, 0.2) is 0 Å². The highest BCUT2D eigenvalue weighted by atomic mass is 16.4. The van der Waals surface area contributed by atoms with Gasteiger partial charge in [-0.05, 0) is 25.7 Å². The maximum Gasteiger partial charge on any atom is 0.323 e. The number of hydrogen-bond acceptors (Lipinski definition) is 3. The summed E-state index contributed by atoms with van der Waals surface area (Å²) in [6.45, 7) is -0.446. The fourth-order valence-electron chi connectivity index (χ4n) is 1.96. The van der Waals surface area contributed by atoms with Gasteiger partial charge in [-0.1, -0.05) is 5.92 Å². The molecule has 0 aliphatic heterocycles. The molecule has 0 bridgehead atoms. The van der Waals surface area contributed by atoms with Gasteiger partial charge in [-0.15, -0.1) is 6.42 Å². The molecule has 6 heteroatoms. The summed E-state index contributed by atoms with van der Waals surface area (Å²) in [6, 6.07) is -0.480. The van der Waals surface area contributed by atoms with Crippen LogP contribution in [-0.4, -0.2) is 52.3 Å². The summed E-state index contributed by atoms with van der Waals surface area (Å²) < 4.78 is 0. The SMILES string of the molecule is C#CCN(CC(=O)O)C(=O)NC1CCC(O)CC1. The highest BCUT2D eigenvalue weighted by Crippen LogP contribution is 2.18. The van der Waals surface area contributed by atoms with E-state index in [2.05, 4.69) is 11.2 Å². The Morgan fingerprint density at radius 1 is 1.33 bits per heavy atom. The lowest BCUT2D eigenvalue weighted by molar-refractivity contribution is -0.137. The number of rotatable bonds is 4. The molecule has 100 valence electrons.